The fourth-order valence-corrected chi connectivity index (χ4v) is 1.13. The molecule has 1 aromatic rings. The molecule has 15 heavy (non-hydrogen) atoms. The summed E-state index contributed by atoms with van der Waals surface area (Å²) in [5.74, 6) is 0.820. The van der Waals surface area contributed by atoms with E-state index in [1.807, 2.05) is 31.2 Å². The molecule has 0 heterocycles. The lowest BCUT2D eigenvalue weighted by molar-refractivity contribution is -0.120. The molecule has 1 atom stereocenters. The number of hydrogen-bond acceptors (Lipinski definition) is 3. The number of benzene rings is 1. The molecule has 0 aliphatic heterocycles. The van der Waals surface area contributed by atoms with Crippen LogP contribution in [0.4, 0.5) is 0 Å². The molecule has 0 bridgehead atoms. The van der Waals surface area contributed by atoms with Crippen molar-refractivity contribution in [3.63, 3.8) is 0 Å². The van der Waals surface area contributed by atoms with Crippen LogP contribution < -0.4 is 10.5 Å². The second kappa shape index (κ2) is 5.51. The average molecular weight is 207 g/mol. The second-order valence-electron chi connectivity index (χ2n) is 3.67. The first-order valence-corrected chi connectivity index (χ1v) is 5.07. The number of rotatable bonds is 5. The molecule has 0 amide bonds. The third-order valence-corrected chi connectivity index (χ3v) is 2.15. The summed E-state index contributed by atoms with van der Waals surface area (Å²) in [7, 11) is 0. The Balaban J connectivity index is 2.32. The maximum absolute atomic E-state index is 11.2. The number of nitrogens with two attached hydrogens (primary N) is 1. The van der Waals surface area contributed by atoms with E-state index in [4.69, 9.17) is 10.5 Å². The average Bonchev–Trinajstić information content (AvgIpc) is 2.20. The summed E-state index contributed by atoms with van der Waals surface area (Å²) in [6.45, 7) is 4.10. The van der Waals surface area contributed by atoms with Crippen molar-refractivity contribution in [3.8, 4) is 5.75 Å². The minimum Gasteiger partial charge on any atom is -0.493 e. The van der Waals surface area contributed by atoms with Gasteiger partial charge in [0.1, 0.15) is 5.75 Å². The first-order valence-electron chi connectivity index (χ1n) is 5.07. The highest BCUT2D eigenvalue weighted by atomic mass is 16.5. The molecule has 1 rings (SSSR count). The van der Waals surface area contributed by atoms with E-state index in [9.17, 15) is 4.79 Å². The van der Waals surface area contributed by atoms with E-state index in [-0.39, 0.29) is 5.78 Å². The van der Waals surface area contributed by atoms with Gasteiger partial charge in [-0.2, -0.15) is 0 Å². The van der Waals surface area contributed by atoms with Crippen molar-refractivity contribution in [2.45, 2.75) is 26.3 Å². The summed E-state index contributed by atoms with van der Waals surface area (Å²) in [4.78, 5) is 11.2. The highest BCUT2D eigenvalue weighted by Gasteiger charge is 2.06. The number of aryl methyl sites for hydroxylation is 1. The Morgan fingerprint density at radius 2 is 2.00 bits per heavy atom. The molecular formula is C12H17NO2. The maximum Gasteiger partial charge on any atom is 0.152 e. The topological polar surface area (TPSA) is 52.3 Å². The minimum absolute atomic E-state index is 0.0297. The maximum atomic E-state index is 11.2. The van der Waals surface area contributed by atoms with Crippen LogP contribution in [0.1, 0.15) is 18.9 Å². The lowest BCUT2D eigenvalue weighted by Gasteiger charge is -2.07. The molecule has 0 saturated heterocycles. The van der Waals surface area contributed by atoms with Crippen molar-refractivity contribution in [3.05, 3.63) is 29.8 Å². The molecule has 0 fully saturated rings. The Morgan fingerprint density at radius 1 is 1.40 bits per heavy atom. The van der Waals surface area contributed by atoms with Crippen LogP contribution in [0.5, 0.6) is 5.75 Å². The Bertz CT molecular complexity index is 317. The van der Waals surface area contributed by atoms with E-state index in [1.165, 1.54) is 5.56 Å². The predicted octanol–water partition coefficient (Wildman–Crippen LogP) is 1.68. The van der Waals surface area contributed by atoms with Gasteiger partial charge in [-0.05, 0) is 26.0 Å². The fraction of sp³-hybridized carbons (Fsp3) is 0.417. The van der Waals surface area contributed by atoms with Crippen LogP contribution in [0.2, 0.25) is 0 Å². The van der Waals surface area contributed by atoms with E-state index in [0.29, 0.717) is 13.0 Å². The van der Waals surface area contributed by atoms with Gasteiger partial charge in [0, 0.05) is 6.42 Å². The lowest BCUT2D eigenvalue weighted by atomic mass is 10.2. The van der Waals surface area contributed by atoms with Crippen LogP contribution in [0.3, 0.4) is 0 Å². The van der Waals surface area contributed by atoms with Gasteiger partial charge >= 0.3 is 0 Å². The Morgan fingerprint density at radius 3 is 2.53 bits per heavy atom. The first-order chi connectivity index (χ1) is 7.09. The summed E-state index contributed by atoms with van der Waals surface area (Å²) in [5.41, 5.74) is 6.62. The van der Waals surface area contributed by atoms with Gasteiger partial charge in [0.15, 0.2) is 5.78 Å². The number of carbonyl (C=O) groups excluding carboxylic acids is 1. The summed E-state index contributed by atoms with van der Waals surface area (Å²) in [6, 6.07) is 7.34. The van der Waals surface area contributed by atoms with Crippen molar-refractivity contribution in [2.24, 2.45) is 5.73 Å². The summed E-state index contributed by atoms with van der Waals surface area (Å²) in [5, 5.41) is 0. The van der Waals surface area contributed by atoms with Gasteiger partial charge in [0.2, 0.25) is 0 Å². The smallest absolute Gasteiger partial charge is 0.152 e. The molecule has 0 spiro atoms. The van der Waals surface area contributed by atoms with Gasteiger partial charge in [0.05, 0.1) is 12.6 Å². The first kappa shape index (κ1) is 11.7. The van der Waals surface area contributed by atoms with Gasteiger partial charge in [-0.3, -0.25) is 4.79 Å². The molecule has 0 aromatic heterocycles. The van der Waals surface area contributed by atoms with E-state index < -0.39 is 6.04 Å². The standard InChI is InChI=1S/C12H17NO2/c1-9-3-5-11(6-4-9)15-8-7-12(14)10(2)13/h3-6,10H,7-8,13H2,1-2H3. The van der Waals surface area contributed by atoms with Crippen molar-refractivity contribution in [1.82, 2.24) is 0 Å². The molecule has 3 heteroatoms. The lowest BCUT2D eigenvalue weighted by Crippen LogP contribution is -2.27. The van der Waals surface area contributed by atoms with Crippen molar-refractivity contribution in [2.75, 3.05) is 6.61 Å². The summed E-state index contributed by atoms with van der Waals surface area (Å²) >= 11 is 0. The van der Waals surface area contributed by atoms with Crippen LogP contribution in [0.25, 0.3) is 0 Å². The normalized spacial score (nSPS) is 12.2. The third-order valence-electron chi connectivity index (χ3n) is 2.15. The summed E-state index contributed by atoms with van der Waals surface area (Å²) < 4.78 is 5.41. The van der Waals surface area contributed by atoms with Gasteiger partial charge in [-0.15, -0.1) is 0 Å². The van der Waals surface area contributed by atoms with Crippen molar-refractivity contribution >= 4 is 5.78 Å². The van der Waals surface area contributed by atoms with Crippen molar-refractivity contribution in [1.29, 1.82) is 0 Å². The zero-order valence-corrected chi connectivity index (χ0v) is 9.19. The Labute approximate surface area is 90.2 Å². The molecule has 2 N–H and O–H groups in total. The Kier molecular flexibility index (Phi) is 4.31. The van der Waals surface area contributed by atoms with Crippen LogP contribution in [-0.4, -0.2) is 18.4 Å². The fourth-order valence-electron chi connectivity index (χ4n) is 1.13. The molecule has 0 radical (unpaired) electrons. The molecule has 82 valence electrons. The second-order valence-corrected chi connectivity index (χ2v) is 3.67. The van der Waals surface area contributed by atoms with Crippen LogP contribution in [-0.2, 0) is 4.79 Å². The number of Topliss-reactive ketones (excluding diaryl/α,β-unsaturated/α-hetero) is 1. The van der Waals surface area contributed by atoms with E-state index >= 15 is 0 Å². The van der Waals surface area contributed by atoms with E-state index in [0.717, 1.165) is 5.75 Å². The van der Waals surface area contributed by atoms with Gasteiger partial charge in [-0.1, -0.05) is 17.7 Å². The van der Waals surface area contributed by atoms with Gasteiger partial charge in [0.25, 0.3) is 0 Å². The largest absolute Gasteiger partial charge is 0.493 e. The number of ketones is 1. The highest BCUT2D eigenvalue weighted by Crippen LogP contribution is 2.11. The van der Waals surface area contributed by atoms with Crippen LogP contribution >= 0.6 is 0 Å². The quantitative estimate of drug-likeness (QED) is 0.799. The SMILES string of the molecule is Cc1ccc(OCCC(=O)C(C)N)cc1. The van der Waals surface area contributed by atoms with Gasteiger partial charge < -0.3 is 10.5 Å². The zero-order chi connectivity index (χ0) is 11.3. The van der Waals surface area contributed by atoms with E-state index in [2.05, 4.69) is 0 Å². The monoisotopic (exact) mass is 207 g/mol. The van der Waals surface area contributed by atoms with Gasteiger partial charge in [-0.25, -0.2) is 0 Å². The van der Waals surface area contributed by atoms with Crippen LogP contribution in [0.15, 0.2) is 24.3 Å². The molecule has 1 unspecified atom stereocenters. The van der Waals surface area contributed by atoms with Crippen molar-refractivity contribution < 1.29 is 9.53 Å². The molecular weight excluding hydrogens is 190 g/mol. The number of carbonyl (C=O) groups is 1. The number of ether oxygens (including phenoxy) is 1. The molecule has 0 saturated carbocycles. The molecule has 0 aliphatic rings. The summed E-state index contributed by atoms with van der Waals surface area (Å²) in [6.07, 6.45) is 0.367. The highest BCUT2D eigenvalue weighted by molar-refractivity contribution is 5.83. The van der Waals surface area contributed by atoms with Crippen LogP contribution in [0, 0.1) is 6.92 Å². The zero-order valence-electron chi connectivity index (χ0n) is 9.19. The minimum atomic E-state index is -0.397. The molecule has 0 aliphatic carbocycles. The molecule has 3 nitrogen and oxygen atoms in total. The Hall–Kier alpha value is -1.35. The van der Waals surface area contributed by atoms with E-state index in [1.54, 1.807) is 6.92 Å². The molecule has 1 aromatic carbocycles. The predicted molar refractivity (Wildman–Crippen MR) is 59.9 cm³/mol. The third kappa shape index (κ3) is 4.13. The number of hydrogen-bond donors (Lipinski definition) is 1.